The van der Waals surface area contributed by atoms with Gasteiger partial charge in [-0.3, -0.25) is 9.59 Å². The highest BCUT2D eigenvalue weighted by Crippen LogP contribution is 2.17. The lowest BCUT2D eigenvalue weighted by atomic mass is 9.98. The van der Waals surface area contributed by atoms with Gasteiger partial charge in [-0.15, -0.1) is 0 Å². The first-order chi connectivity index (χ1) is 9.58. The minimum atomic E-state index is -0.831. The van der Waals surface area contributed by atoms with Gasteiger partial charge in [0.25, 0.3) is 0 Å². The molecule has 0 aromatic carbocycles. The van der Waals surface area contributed by atoms with Crippen LogP contribution in [0.25, 0.3) is 0 Å². The molecule has 1 N–H and O–H groups in total. The van der Waals surface area contributed by atoms with Crippen LogP contribution in [0.4, 0.5) is 5.95 Å². The van der Waals surface area contributed by atoms with Crippen LogP contribution >= 0.6 is 0 Å². The summed E-state index contributed by atoms with van der Waals surface area (Å²) in [5.74, 6) is -0.897. The molecule has 0 unspecified atom stereocenters. The topological polar surface area (TPSA) is 86.6 Å². The highest BCUT2D eigenvalue weighted by atomic mass is 16.4. The average molecular weight is 278 g/mol. The third kappa shape index (κ3) is 3.43. The molecule has 1 aromatic heterocycles. The Kier molecular flexibility index (Phi) is 4.49. The lowest BCUT2D eigenvalue weighted by molar-refractivity contribution is -0.145. The van der Waals surface area contributed by atoms with Crippen LogP contribution < -0.4 is 4.90 Å². The molecule has 0 spiro atoms. The summed E-state index contributed by atoms with van der Waals surface area (Å²) in [6, 6.07) is 1.71. The van der Waals surface area contributed by atoms with Crippen molar-refractivity contribution in [1.82, 2.24) is 14.9 Å². The van der Waals surface area contributed by atoms with Crippen molar-refractivity contribution in [3.63, 3.8) is 0 Å². The normalized spacial score (nSPS) is 18.6. The van der Waals surface area contributed by atoms with Crippen LogP contribution in [-0.4, -0.2) is 58.5 Å². The molecule has 1 aliphatic heterocycles. The monoisotopic (exact) mass is 278 g/mol. The van der Waals surface area contributed by atoms with Gasteiger partial charge in [0.15, 0.2) is 0 Å². The number of rotatable bonds is 4. The molecule has 1 atom stereocenters. The van der Waals surface area contributed by atoms with Crippen molar-refractivity contribution in [1.29, 1.82) is 0 Å². The molecule has 20 heavy (non-hydrogen) atoms. The van der Waals surface area contributed by atoms with Gasteiger partial charge in [0.2, 0.25) is 11.9 Å². The van der Waals surface area contributed by atoms with E-state index < -0.39 is 11.9 Å². The number of carboxylic acid groups (broad SMARTS) is 1. The van der Waals surface area contributed by atoms with Gasteiger partial charge in [0.05, 0.1) is 12.5 Å². The fourth-order valence-corrected chi connectivity index (χ4v) is 2.27. The molecular formula is C13H18N4O3. The second-order valence-corrected chi connectivity index (χ2v) is 4.92. The average Bonchev–Trinajstić information content (AvgIpc) is 2.48. The first kappa shape index (κ1) is 14.2. The number of likely N-dealkylation sites (N-methyl/N-ethyl adjacent to an activating group) is 1. The predicted molar refractivity (Wildman–Crippen MR) is 72.2 cm³/mol. The molecule has 108 valence electrons. The van der Waals surface area contributed by atoms with Crippen LogP contribution in [0.5, 0.6) is 0 Å². The van der Waals surface area contributed by atoms with Gasteiger partial charge < -0.3 is 14.9 Å². The maximum atomic E-state index is 12.2. The van der Waals surface area contributed by atoms with E-state index in [1.54, 1.807) is 35.3 Å². The van der Waals surface area contributed by atoms with Crippen molar-refractivity contribution in [3.05, 3.63) is 18.5 Å². The second kappa shape index (κ2) is 6.31. The number of aromatic nitrogens is 2. The summed E-state index contributed by atoms with van der Waals surface area (Å²) in [5.41, 5.74) is 0. The minimum absolute atomic E-state index is 0.0918. The first-order valence-corrected chi connectivity index (χ1v) is 6.56. The van der Waals surface area contributed by atoms with Crippen LogP contribution in [0, 0.1) is 5.92 Å². The number of aliphatic carboxylic acids is 1. The Morgan fingerprint density at radius 3 is 2.80 bits per heavy atom. The lowest BCUT2D eigenvalue weighted by Gasteiger charge is -2.32. The Labute approximate surface area is 117 Å². The molecule has 2 heterocycles. The summed E-state index contributed by atoms with van der Waals surface area (Å²) in [6.07, 6.45) is 4.60. The lowest BCUT2D eigenvalue weighted by Crippen LogP contribution is -2.46. The van der Waals surface area contributed by atoms with Crippen molar-refractivity contribution in [3.8, 4) is 0 Å². The van der Waals surface area contributed by atoms with Gasteiger partial charge in [0, 0.05) is 32.5 Å². The van der Waals surface area contributed by atoms with E-state index in [1.165, 1.54) is 0 Å². The largest absolute Gasteiger partial charge is 0.481 e. The predicted octanol–water partition coefficient (Wildman–Crippen LogP) is 0.236. The number of piperidine rings is 1. The van der Waals surface area contributed by atoms with E-state index in [0.29, 0.717) is 18.9 Å². The first-order valence-electron chi connectivity index (χ1n) is 6.56. The Morgan fingerprint density at radius 2 is 2.15 bits per heavy atom. The fraction of sp³-hybridized carbons (Fsp3) is 0.538. The van der Waals surface area contributed by atoms with Crippen molar-refractivity contribution < 1.29 is 14.7 Å². The summed E-state index contributed by atoms with van der Waals surface area (Å²) < 4.78 is 0. The van der Waals surface area contributed by atoms with E-state index in [4.69, 9.17) is 5.11 Å². The number of nitrogens with zero attached hydrogens (tertiary/aromatic N) is 4. The second-order valence-electron chi connectivity index (χ2n) is 4.92. The Balaban J connectivity index is 1.93. The Hall–Kier alpha value is -2.18. The van der Waals surface area contributed by atoms with Crippen LogP contribution in [0.1, 0.15) is 12.8 Å². The smallest absolute Gasteiger partial charge is 0.308 e. The van der Waals surface area contributed by atoms with Gasteiger partial charge in [-0.05, 0) is 18.9 Å². The number of amides is 1. The van der Waals surface area contributed by atoms with Crippen LogP contribution in [0.3, 0.4) is 0 Å². The molecule has 0 bridgehead atoms. The van der Waals surface area contributed by atoms with Crippen LogP contribution in [0.2, 0.25) is 0 Å². The van der Waals surface area contributed by atoms with Crippen molar-refractivity contribution in [2.75, 3.05) is 31.6 Å². The summed E-state index contributed by atoms with van der Waals surface area (Å²) in [7, 11) is 1.74. The van der Waals surface area contributed by atoms with Gasteiger partial charge in [-0.25, -0.2) is 9.97 Å². The molecular weight excluding hydrogens is 260 g/mol. The van der Waals surface area contributed by atoms with Gasteiger partial charge >= 0.3 is 5.97 Å². The third-order valence-electron chi connectivity index (χ3n) is 3.39. The van der Waals surface area contributed by atoms with Crippen LogP contribution in [0.15, 0.2) is 18.5 Å². The fourth-order valence-electron chi connectivity index (χ4n) is 2.27. The Bertz CT molecular complexity index is 480. The third-order valence-corrected chi connectivity index (χ3v) is 3.39. The number of likely N-dealkylation sites (tertiary alicyclic amines) is 1. The molecule has 7 heteroatoms. The number of hydrogen-bond donors (Lipinski definition) is 1. The Morgan fingerprint density at radius 1 is 1.45 bits per heavy atom. The standard InChI is InChI=1S/C13H18N4O3/c1-16(13-14-5-3-6-15-13)9-11(18)17-7-2-4-10(8-17)12(19)20/h3,5-6,10H,2,4,7-9H2,1H3,(H,19,20)/t10-/m1/s1. The number of hydrogen-bond acceptors (Lipinski definition) is 5. The zero-order valence-corrected chi connectivity index (χ0v) is 11.4. The molecule has 1 amide bonds. The summed E-state index contributed by atoms with van der Waals surface area (Å²) in [6.45, 7) is 1.06. The minimum Gasteiger partial charge on any atom is -0.481 e. The SMILES string of the molecule is CN(CC(=O)N1CCC[C@@H](C(=O)O)C1)c1ncccn1. The van der Waals surface area contributed by atoms with E-state index in [9.17, 15) is 9.59 Å². The summed E-state index contributed by atoms with van der Waals surface area (Å²) in [5, 5.41) is 9.03. The number of anilines is 1. The quantitative estimate of drug-likeness (QED) is 0.848. The molecule has 2 rings (SSSR count). The summed E-state index contributed by atoms with van der Waals surface area (Å²) >= 11 is 0. The van der Waals surface area contributed by atoms with E-state index in [1.807, 2.05) is 0 Å². The van der Waals surface area contributed by atoms with E-state index in [-0.39, 0.29) is 19.0 Å². The van der Waals surface area contributed by atoms with E-state index in [0.717, 1.165) is 6.42 Å². The molecule has 1 aromatic rings. The summed E-state index contributed by atoms with van der Waals surface area (Å²) in [4.78, 5) is 34.6. The van der Waals surface area contributed by atoms with Crippen molar-refractivity contribution in [2.24, 2.45) is 5.92 Å². The highest BCUT2D eigenvalue weighted by molar-refractivity contribution is 5.81. The molecule has 1 fully saturated rings. The maximum absolute atomic E-state index is 12.2. The maximum Gasteiger partial charge on any atom is 0.308 e. The van der Waals surface area contributed by atoms with E-state index >= 15 is 0 Å². The van der Waals surface area contributed by atoms with Gasteiger partial charge in [-0.1, -0.05) is 0 Å². The van der Waals surface area contributed by atoms with Gasteiger partial charge in [-0.2, -0.15) is 0 Å². The number of carbonyl (C=O) groups excluding carboxylic acids is 1. The number of carbonyl (C=O) groups is 2. The zero-order valence-electron chi connectivity index (χ0n) is 11.4. The molecule has 0 saturated carbocycles. The van der Waals surface area contributed by atoms with Crippen molar-refractivity contribution in [2.45, 2.75) is 12.8 Å². The van der Waals surface area contributed by atoms with Gasteiger partial charge in [0.1, 0.15) is 0 Å². The highest BCUT2D eigenvalue weighted by Gasteiger charge is 2.28. The number of carboxylic acids is 1. The zero-order chi connectivity index (χ0) is 14.5. The van der Waals surface area contributed by atoms with E-state index in [2.05, 4.69) is 9.97 Å². The molecule has 0 radical (unpaired) electrons. The molecule has 0 aliphatic carbocycles. The molecule has 7 nitrogen and oxygen atoms in total. The molecule has 1 saturated heterocycles. The van der Waals surface area contributed by atoms with Crippen molar-refractivity contribution >= 4 is 17.8 Å². The molecule has 1 aliphatic rings. The van der Waals surface area contributed by atoms with Crippen LogP contribution in [-0.2, 0) is 9.59 Å².